The van der Waals surface area contributed by atoms with E-state index in [4.69, 9.17) is 10.3 Å². The number of likely N-dealkylation sites (tertiary alicyclic amines) is 1. The van der Waals surface area contributed by atoms with Gasteiger partial charge in [-0.15, -0.1) is 0 Å². The van der Waals surface area contributed by atoms with E-state index in [1.54, 1.807) is 18.2 Å². The van der Waals surface area contributed by atoms with Gasteiger partial charge in [0.05, 0.1) is 5.56 Å². The highest BCUT2D eigenvalue weighted by molar-refractivity contribution is 5.88. The Kier molecular flexibility index (Phi) is 5.27. The van der Waals surface area contributed by atoms with E-state index in [1.165, 1.54) is 18.0 Å². The number of hydrogen-bond acceptors (Lipinski definition) is 6. The number of nitrogens with zero attached hydrogens (tertiary/aromatic N) is 3. The second-order valence-corrected chi connectivity index (χ2v) is 6.16. The number of aryl methyl sites for hydroxylation is 1. The first-order chi connectivity index (χ1) is 12.5. The summed E-state index contributed by atoms with van der Waals surface area (Å²) in [5.41, 5.74) is 6.12. The molecule has 1 aromatic heterocycles. The number of hydrogen-bond donors (Lipinski definition) is 2. The summed E-state index contributed by atoms with van der Waals surface area (Å²) in [6, 6.07) is 5.32. The van der Waals surface area contributed by atoms with Crippen molar-refractivity contribution in [3.05, 3.63) is 36.0 Å². The Morgan fingerprint density at radius 1 is 1.42 bits per heavy atom. The molecule has 1 fully saturated rings. The summed E-state index contributed by atoms with van der Waals surface area (Å²) in [5.74, 6) is -0.521. The molecule has 138 valence electrons. The van der Waals surface area contributed by atoms with E-state index in [9.17, 15) is 14.0 Å². The second-order valence-electron chi connectivity index (χ2n) is 6.16. The molecule has 0 aliphatic carbocycles. The lowest BCUT2D eigenvalue weighted by atomic mass is 10.1. The van der Waals surface area contributed by atoms with Crippen LogP contribution in [0.2, 0.25) is 0 Å². The number of rotatable bonds is 5. The van der Waals surface area contributed by atoms with Crippen LogP contribution in [0, 0.1) is 5.82 Å². The summed E-state index contributed by atoms with van der Waals surface area (Å²) in [7, 11) is 1.53. The quantitative estimate of drug-likeness (QED) is 0.801. The van der Waals surface area contributed by atoms with Gasteiger partial charge in [-0.05, 0) is 18.6 Å². The highest BCUT2D eigenvalue weighted by atomic mass is 19.1. The summed E-state index contributed by atoms with van der Waals surface area (Å²) in [4.78, 5) is 30.0. The largest absolute Gasteiger partial charge is 0.357 e. The average molecular weight is 361 g/mol. The Labute approximate surface area is 149 Å². The third-order valence-corrected chi connectivity index (χ3v) is 4.34. The molecule has 1 aliphatic rings. The van der Waals surface area contributed by atoms with Crippen LogP contribution in [0.1, 0.15) is 18.7 Å². The third-order valence-electron chi connectivity index (χ3n) is 4.34. The van der Waals surface area contributed by atoms with Crippen molar-refractivity contribution in [3.8, 4) is 11.4 Å². The Balaban J connectivity index is 1.63. The number of halogens is 1. The lowest BCUT2D eigenvalue weighted by Crippen LogP contribution is -2.45. The zero-order valence-corrected chi connectivity index (χ0v) is 14.3. The van der Waals surface area contributed by atoms with Gasteiger partial charge < -0.3 is 20.5 Å². The molecule has 9 heteroatoms. The molecule has 1 saturated heterocycles. The molecule has 2 heterocycles. The first kappa shape index (κ1) is 18.0. The van der Waals surface area contributed by atoms with Gasteiger partial charge in [-0.2, -0.15) is 4.98 Å². The van der Waals surface area contributed by atoms with Crippen molar-refractivity contribution in [2.24, 2.45) is 5.73 Å². The van der Waals surface area contributed by atoms with Crippen molar-refractivity contribution in [1.82, 2.24) is 20.4 Å². The minimum absolute atomic E-state index is 0.0963. The Bertz CT molecular complexity index is 809. The fourth-order valence-corrected chi connectivity index (χ4v) is 3.03. The number of nitrogens with one attached hydrogen (secondary N) is 1. The fourth-order valence-electron chi connectivity index (χ4n) is 3.03. The summed E-state index contributed by atoms with van der Waals surface area (Å²) >= 11 is 0. The molecule has 3 N–H and O–H groups in total. The van der Waals surface area contributed by atoms with Gasteiger partial charge >= 0.3 is 0 Å². The molecule has 2 amide bonds. The van der Waals surface area contributed by atoms with E-state index in [-0.39, 0.29) is 48.0 Å². The molecule has 0 unspecified atom stereocenters. The highest BCUT2D eigenvalue weighted by Crippen LogP contribution is 2.21. The van der Waals surface area contributed by atoms with E-state index < -0.39 is 11.9 Å². The van der Waals surface area contributed by atoms with Gasteiger partial charge in [0.15, 0.2) is 0 Å². The van der Waals surface area contributed by atoms with Crippen LogP contribution in [0.15, 0.2) is 28.8 Å². The van der Waals surface area contributed by atoms with Crippen molar-refractivity contribution in [2.45, 2.75) is 31.3 Å². The summed E-state index contributed by atoms with van der Waals surface area (Å²) in [5, 5.41) is 6.30. The molecule has 8 nitrogen and oxygen atoms in total. The molecule has 0 saturated carbocycles. The highest BCUT2D eigenvalue weighted by Gasteiger charge is 2.37. The van der Waals surface area contributed by atoms with Crippen LogP contribution in [-0.4, -0.2) is 52.5 Å². The van der Waals surface area contributed by atoms with E-state index in [0.29, 0.717) is 13.0 Å². The van der Waals surface area contributed by atoms with Crippen molar-refractivity contribution in [3.63, 3.8) is 0 Å². The number of aromatic nitrogens is 2. The molecule has 0 radical (unpaired) electrons. The fraction of sp³-hybridized carbons (Fsp3) is 0.412. The maximum absolute atomic E-state index is 13.8. The number of carbonyl (C=O) groups is 2. The van der Waals surface area contributed by atoms with Gasteiger partial charge in [-0.1, -0.05) is 17.3 Å². The average Bonchev–Trinajstić information content (AvgIpc) is 3.26. The van der Waals surface area contributed by atoms with Crippen LogP contribution in [-0.2, 0) is 16.0 Å². The lowest BCUT2D eigenvalue weighted by Gasteiger charge is -2.22. The molecule has 26 heavy (non-hydrogen) atoms. The SMILES string of the molecule is CNC(=O)[C@@H]1C[C@@H](N)CN1C(=O)CCc1nc(-c2ccccc2F)no1. The molecule has 0 bridgehead atoms. The summed E-state index contributed by atoms with van der Waals surface area (Å²) in [6.07, 6.45) is 0.731. The van der Waals surface area contributed by atoms with Crippen LogP contribution in [0.3, 0.4) is 0 Å². The molecule has 1 aliphatic heterocycles. The number of nitrogens with two attached hydrogens (primary N) is 1. The van der Waals surface area contributed by atoms with Gasteiger partial charge in [0, 0.05) is 32.5 Å². The number of benzene rings is 1. The van der Waals surface area contributed by atoms with Crippen LogP contribution >= 0.6 is 0 Å². The standard InChI is InChI=1S/C17H20FN5O3/c1-20-17(25)13-8-10(19)9-23(13)15(24)7-6-14-21-16(22-26-14)11-4-2-3-5-12(11)18/h2-5,10,13H,6-9,19H2,1H3,(H,20,25)/t10-,13+/m1/s1. The van der Waals surface area contributed by atoms with E-state index in [0.717, 1.165) is 0 Å². The van der Waals surface area contributed by atoms with Crippen molar-refractivity contribution in [2.75, 3.05) is 13.6 Å². The van der Waals surface area contributed by atoms with Crippen molar-refractivity contribution in [1.29, 1.82) is 0 Å². The zero-order chi connectivity index (χ0) is 18.7. The Hall–Kier alpha value is -2.81. The minimum atomic E-state index is -0.556. The van der Waals surface area contributed by atoms with E-state index in [2.05, 4.69) is 15.5 Å². The number of amides is 2. The van der Waals surface area contributed by atoms with Crippen molar-refractivity contribution < 1.29 is 18.5 Å². The predicted octanol–water partition coefficient (Wildman–Crippen LogP) is 0.483. The topological polar surface area (TPSA) is 114 Å². The van der Waals surface area contributed by atoms with Crippen LogP contribution in [0.25, 0.3) is 11.4 Å². The van der Waals surface area contributed by atoms with Crippen molar-refractivity contribution >= 4 is 11.8 Å². The molecular formula is C17H20FN5O3. The smallest absolute Gasteiger partial charge is 0.242 e. The molecule has 2 atom stereocenters. The maximum atomic E-state index is 13.8. The molecule has 3 rings (SSSR count). The monoisotopic (exact) mass is 361 g/mol. The zero-order valence-electron chi connectivity index (χ0n) is 14.3. The summed E-state index contributed by atoms with van der Waals surface area (Å²) in [6.45, 7) is 0.335. The van der Waals surface area contributed by atoms with E-state index in [1.807, 2.05) is 0 Å². The number of likely N-dealkylation sites (N-methyl/N-ethyl adjacent to an activating group) is 1. The van der Waals surface area contributed by atoms with Crippen LogP contribution in [0.5, 0.6) is 0 Å². The molecule has 0 spiro atoms. The predicted molar refractivity (Wildman–Crippen MR) is 90.2 cm³/mol. The van der Waals surface area contributed by atoms with Gasteiger partial charge in [0.2, 0.25) is 23.5 Å². The Morgan fingerprint density at radius 2 is 2.19 bits per heavy atom. The van der Waals surface area contributed by atoms with E-state index >= 15 is 0 Å². The number of carbonyl (C=O) groups excluding carboxylic acids is 2. The summed E-state index contributed by atoms with van der Waals surface area (Å²) < 4.78 is 18.9. The van der Waals surface area contributed by atoms with Gasteiger partial charge in [0.25, 0.3) is 0 Å². The van der Waals surface area contributed by atoms with Crippen LogP contribution < -0.4 is 11.1 Å². The Morgan fingerprint density at radius 3 is 2.92 bits per heavy atom. The lowest BCUT2D eigenvalue weighted by molar-refractivity contribution is -0.138. The first-order valence-corrected chi connectivity index (χ1v) is 8.33. The first-order valence-electron chi connectivity index (χ1n) is 8.33. The minimum Gasteiger partial charge on any atom is -0.357 e. The van der Waals surface area contributed by atoms with Gasteiger partial charge in [-0.25, -0.2) is 4.39 Å². The molecule has 2 aromatic rings. The second kappa shape index (κ2) is 7.61. The normalized spacial score (nSPS) is 19.6. The van der Waals surface area contributed by atoms with Crippen LogP contribution in [0.4, 0.5) is 4.39 Å². The van der Waals surface area contributed by atoms with Gasteiger partial charge in [-0.3, -0.25) is 9.59 Å². The molecular weight excluding hydrogens is 341 g/mol. The maximum Gasteiger partial charge on any atom is 0.242 e. The molecule has 1 aromatic carbocycles. The third kappa shape index (κ3) is 3.72. The van der Waals surface area contributed by atoms with Gasteiger partial charge in [0.1, 0.15) is 11.9 Å².